The largest absolute Gasteiger partial charge is 0.522 e. The van der Waals surface area contributed by atoms with Gasteiger partial charge >= 0.3 is 18.4 Å². The van der Waals surface area contributed by atoms with E-state index in [-0.39, 0.29) is 29.9 Å². The van der Waals surface area contributed by atoms with E-state index in [0.29, 0.717) is 58.0 Å². The van der Waals surface area contributed by atoms with Gasteiger partial charge in [-0.05, 0) is 88.7 Å². The molecule has 1 atom stereocenters. The minimum Gasteiger partial charge on any atom is -0.481 e. The zero-order valence-corrected chi connectivity index (χ0v) is 23.1. The highest BCUT2D eigenvalue weighted by Crippen LogP contribution is 2.42. The molecule has 2 saturated carbocycles. The molecular formula is C29H38F3N3O5. The van der Waals surface area contributed by atoms with E-state index < -0.39 is 18.4 Å². The van der Waals surface area contributed by atoms with E-state index in [1.54, 1.807) is 4.90 Å². The number of carboxylic acids is 1. The molecule has 0 radical (unpaired) electrons. The van der Waals surface area contributed by atoms with Crippen molar-refractivity contribution in [3.05, 3.63) is 29.1 Å². The van der Waals surface area contributed by atoms with Crippen LogP contribution in [0.25, 0.3) is 11.0 Å². The molecule has 0 bridgehead atoms. The van der Waals surface area contributed by atoms with Crippen molar-refractivity contribution in [2.75, 3.05) is 13.7 Å². The number of hydrogen-bond donors (Lipinski definition) is 1. The van der Waals surface area contributed by atoms with Gasteiger partial charge in [0.05, 0.1) is 36.7 Å². The molecule has 2 aromatic rings. The van der Waals surface area contributed by atoms with Crippen LogP contribution in [-0.2, 0) is 27.2 Å². The van der Waals surface area contributed by atoms with Gasteiger partial charge in [-0.25, -0.2) is 9.78 Å². The van der Waals surface area contributed by atoms with Crippen LogP contribution >= 0.6 is 0 Å². The number of halogens is 3. The fourth-order valence-electron chi connectivity index (χ4n) is 7.11. The third-order valence-corrected chi connectivity index (χ3v) is 9.17. The van der Waals surface area contributed by atoms with Crippen molar-refractivity contribution in [2.45, 2.75) is 102 Å². The van der Waals surface area contributed by atoms with Crippen molar-refractivity contribution < 1.29 is 37.3 Å². The van der Waals surface area contributed by atoms with E-state index in [1.165, 1.54) is 7.11 Å². The molecule has 40 heavy (non-hydrogen) atoms. The number of benzene rings is 1. The molecule has 3 aliphatic rings. The first kappa shape index (κ1) is 28.7. The molecule has 8 nitrogen and oxygen atoms in total. The van der Waals surface area contributed by atoms with Gasteiger partial charge in [-0.15, -0.1) is 13.2 Å². The van der Waals surface area contributed by atoms with E-state index in [4.69, 9.17) is 9.72 Å². The van der Waals surface area contributed by atoms with Crippen molar-refractivity contribution in [3.8, 4) is 0 Å². The molecular weight excluding hydrogens is 527 g/mol. The molecule has 1 N–H and O–H groups in total. The third kappa shape index (κ3) is 6.09. The lowest BCUT2D eigenvalue weighted by Crippen LogP contribution is -2.35. The maximum atomic E-state index is 12.7. The summed E-state index contributed by atoms with van der Waals surface area (Å²) in [7, 11) is 1.38. The summed E-state index contributed by atoms with van der Waals surface area (Å²) in [6.45, 7) is 3.14. The number of ether oxygens (including phenoxy) is 2. The number of fused-ring (bicyclic) bond motifs is 3. The van der Waals surface area contributed by atoms with Crippen LogP contribution in [0.5, 0.6) is 0 Å². The molecule has 1 aromatic heterocycles. The summed E-state index contributed by atoms with van der Waals surface area (Å²) in [4.78, 5) is 30.8. The number of nitrogens with zero attached hydrogens (tertiary/aromatic N) is 3. The molecule has 1 aromatic carbocycles. The minimum atomic E-state index is -4.60. The van der Waals surface area contributed by atoms with Crippen molar-refractivity contribution in [2.24, 2.45) is 11.8 Å². The summed E-state index contributed by atoms with van der Waals surface area (Å²) in [5.74, 6) is 0.272. The minimum absolute atomic E-state index is 0.0561. The predicted molar refractivity (Wildman–Crippen MR) is 141 cm³/mol. The molecule has 2 heterocycles. The SMILES string of the molecule is COC(=O)N1CCc2ccc3c(nc(C4CCC(C(=O)O)CC4)n3[C@@H](C)CC3CCC(OC(F)(F)F)CC3)c2C1. The summed E-state index contributed by atoms with van der Waals surface area (Å²) in [5.41, 5.74) is 4.04. The summed E-state index contributed by atoms with van der Waals surface area (Å²) in [6.07, 6.45) is 0.625. The van der Waals surface area contributed by atoms with Gasteiger partial charge in [-0.3, -0.25) is 9.53 Å². The Morgan fingerprint density at radius 3 is 2.42 bits per heavy atom. The van der Waals surface area contributed by atoms with Crippen LogP contribution < -0.4 is 0 Å². The van der Waals surface area contributed by atoms with E-state index in [2.05, 4.69) is 28.4 Å². The number of hydrogen-bond acceptors (Lipinski definition) is 5. The lowest BCUT2D eigenvalue weighted by molar-refractivity contribution is -0.345. The molecule has 11 heteroatoms. The molecule has 5 rings (SSSR count). The smallest absolute Gasteiger partial charge is 0.481 e. The van der Waals surface area contributed by atoms with Crippen LogP contribution in [0.3, 0.4) is 0 Å². The first-order valence-corrected chi connectivity index (χ1v) is 14.4. The third-order valence-electron chi connectivity index (χ3n) is 9.17. The Kier molecular flexibility index (Phi) is 8.31. The number of aliphatic carboxylic acids is 1. The normalized spacial score (nSPS) is 26.4. The van der Waals surface area contributed by atoms with E-state index in [1.807, 2.05) is 0 Å². The van der Waals surface area contributed by atoms with Crippen LogP contribution in [0.15, 0.2) is 12.1 Å². The lowest BCUT2D eigenvalue weighted by atomic mass is 9.81. The second-order valence-corrected chi connectivity index (χ2v) is 11.7. The van der Waals surface area contributed by atoms with Crippen LogP contribution in [0.2, 0.25) is 0 Å². The molecule has 0 unspecified atom stereocenters. The Balaban J connectivity index is 1.43. The molecule has 1 aliphatic heterocycles. The maximum absolute atomic E-state index is 12.7. The summed E-state index contributed by atoms with van der Waals surface area (Å²) in [5, 5.41) is 9.50. The summed E-state index contributed by atoms with van der Waals surface area (Å²) >= 11 is 0. The van der Waals surface area contributed by atoms with Crippen LogP contribution in [-0.4, -0.2) is 57.7 Å². The number of aromatic nitrogens is 2. The number of amides is 1. The van der Waals surface area contributed by atoms with Gasteiger partial charge in [0.25, 0.3) is 0 Å². The summed E-state index contributed by atoms with van der Waals surface area (Å²) < 4.78 is 49.6. The fourth-order valence-corrected chi connectivity index (χ4v) is 7.11. The Morgan fingerprint density at radius 1 is 1.10 bits per heavy atom. The second-order valence-electron chi connectivity index (χ2n) is 11.7. The highest BCUT2D eigenvalue weighted by atomic mass is 19.4. The van der Waals surface area contributed by atoms with Crippen molar-refractivity contribution in [1.29, 1.82) is 0 Å². The Hall–Kier alpha value is -2.82. The zero-order valence-electron chi connectivity index (χ0n) is 23.1. The highest BCUT2D eigenvalue weighted by Gasteiger charge is 2.37. The molecule has 2 fully saturated rings. The monoisotopic (exact) mass is 565 g/mol. The van der Waals surface area contributed by atoms with Gasteiger partial charge in [-0.2, -0.15) is 0 Å². The highest BCUT2D eigenvalue weighted by molar-refractivity contribution is 5.82. The molecule has 2 aliphatic carbocycles. The van der Waals surface area contributed by atoms with Gasteiger partial charge in [0.2, 0.25) is 0 Å². The van der Waals surface area contributed by atoms with Gasteiger partial charge in [0, 0.05) is 24.1 Å². The van der Waals surface area contributed by atoms with E-state index >= 15 is 0 Å². The Labute approximate surface area is 231 Å². The number of methoxy groups -OCH3 is 1. The van der Waals surface area contributed by atoms with Gasteiger partial charge in [0.15, 0.2) is 0 Å². The number of carboxylic acid groups (broad SMARTS) is 1. The topological polar surface area (TPSA) is 93.9 Å². The molecule has 220 valence electrons. The molecule has 1 amide bonds. The number of rotatable bonds is 6. The summed E-state index contributed by atoms with van der Waals surface area (Å²) in [6, 6.07) is 4.27. The predicted octanol–water partition coefficient (Wildman–Crippen LogP) is 6.57. The number of imidazole rings is 1. The maximum Gasteiger partial charge on any atom is 0.522 e. The lowest BCUT2D eigenvalue weighted by Gasteiger charge is -2.32. The van der Waals surface area contributed by atoms with Crippen molar-refractivity contribution in [3.63, 3.8) is 0 Å². The van der Waals surface area contributed by atoms with Crippen LogP contribution in [0.4, 0.5) is 18.0 Å². The first-order chi connectivity index (χ1) is 19.0. The van der Waals surface area contributed by atoms with Gasteiger partial charge in [-0.1, -0.05) is 6.07 Å². The number of carbonyl (C=O) groups is 2. The Bertz CT molecular complexity index is 1230. The quantitative estimate of drug-likeness (QED) is 0.426. The van der Waals surface area contributed by atoms with E-state index in [9.17, 15) is 27.9 Å². The molecule has 0 saturated heterocycles. The van der Waals surface area contributed by atoms with Crippen molar-refractivity contribution in [1.82, 2.24) is 14.5 Å². The second kappa shape index (κ2) is 11.6. The first-order valence-electron chi connectivity index (χ1n) is 14.4. The Morgan fingerprint density at radius 2 is 1.80 bits per heavy atom. The average molecular weight is 566 g/mol. The van der Waals surface area contributed by atoms with Gasteiger partial charge in [0.1, 0.15) is 5.82 Å². The average Bonchev–Trinajstić information content (AvgIpc) is 3.33. The number of carbonyl (C=O) groups excluding carboxylic acids is 1. The van der Waals surface area contributed by atoms with Crippen LogP contribution in [0, 0.1) is 11.8 Å². The van der Waals surface area contributed by atoms with E-state index in [0.717, 1.165) is 47.2 Å². The van der Waals surface area contributed by atoms with Gasteiger partial charge < -0.3 is 19.3 Å². The standard InChI is InChI=1S/C29H38F3N3O5/c1-17(15-18-3-10-22(11-4-18)40-29(30,31)32)35-24-12-9-19-13-14-34(28(38)39-2)16-23(19)25(24)33-26(35)20-5-7-21(8-6-20)27(36)37/h9,12,17-18,20-22H,3-8,10-11,13-16H2,1-2H3,(H,36,37)/t17-,18?,20?,21?,22?/m0/s1. The van der Waals surface area contributed by atoms with Crippen molar-refractivity contribution >= 4 is 23.1 Å². The number of alkyl halides is 3. The fraction of sp³-hybridized carbons (Fsp3) is 0.690. The molecule has 0 spiro atoms. The zero-order chi connectivity index (χ0) is 28.6. The van der Waals surface area contributed by atoms with Crippen LogP contribution in [0.1, 0.15) is 93.6 Å².